The van der Waals surface area contributed by atoms with Crippen molar-refractivity contribution in [3.8, 4) is 0 Å². The highest BCUT2D eigenvalue weighted by atomic mass is 32.1. The predicted octanol–water partition coefficient (Wildman–Crippen LogP) is 0.760. The summed E-state index contributed by atoms with van der Waals surface area (Å²) in [4.78, 5) is 9.26. The smallest absolute Gasteiger partial charge is 0.202 e. The number of hydrogen-bond acceptors (Lipinski definition) is 6. The van der Waals surface area contributed by atoms with Crippen molar-refractivity contribution < 1.29 is 0 Å². The van der Waals surface area contributed by atoms with Gasteiger partial charge in [0.25, 0.3) is 0 Å². The number of aromatic nitrogens is 2. The Morgan fingerprint density at radius 2 is 2.06 bits per heavy atom. The number of nitrogens with one attached hydrogen (secondary N) is 1. The van der Waals surface area contributed by atoms with Crippen molar-refractivity contribution in [2.45, 2.75) is 13.3 Å². The van der Waals surface area contributed by atoms with E-state index in [2.05, 4.69) is 38.4 Å². The van der Waals surface area contributed by atoms with Gasteiger partial charge >= 0.3 is 0 Å². The fourth-order valence-electron chi connectivity index (χ4n) is 1.86. The van der Waals surface area contributed by atoms with Gasteiger partial charge in [-0.25, -0.2) is 4.98 Å². The Balaban J connectivity index is 1.65. The van der Waals surface area contributed by atoms with Crippen molar-refractivity contribution in [3.63, 3.8) is 0 Å². The fraction of sp³-hybridized carbons (Fsp3) is 0.818. The Labute approximate surface area is 107 Å². The summed E-state index contributed by atoms with van der Waals surface area (Å²) in [7, 11) is 2.18. The topological polar surface area (TPSA) is 44.3 Å². The van der Waals surface area contributed by atoms with Gasteiger partial charge in [-0.3, -0.25) is 4.90 Å². The SMILES string of the molecule is CCc1nsc(NCCN2CCN(C)CC2)n1. The van der Waals surface area contributed by atoms with Crippen LogP contribution in [-0.2, 0) is 6.42 Å². The maximum atomic E-state index is 4.39. The van der Waals surface area contributed by atoms with Crippen molar-refractivity contribution >= 4 is 16.7 Å². The molecule has 96 valence electrons. The summed E-state index contributed by atoms with van der Waals surface area (Å²) < 4.78 is 4.26. The molecule has 1 fully saturated rings. The summed E-state index contributed by atoms with van der Waals surface area (Å²) in [6.07, 6.45) is 0.913. The number of likely N-dealkylation sites (N-methyl/N-ethyl adjacent to an activating group) is 1. The van der Waals surface area contributed by atoms with Gasteiger partial charge in [0.2, 0.25) is 5.13 Å². The molecule has 0 unspecified atom stereocenters. The van der Waals surface area contributed by atoms with Crippen molar-refractivity contribution in [3.05, 3.63) is 5.82 Å². The first kappa shape index (κ1) is 12.7. The van der Waals surface area contributed by atoms with Crippen LogP contribution in [0.5, 0.6) is 0 Å². The van der Waals surface area contributed by atoms with E-state index in [1.807, 2.05) is 0 Å². The lowest BCUT2D eigenvalue weighted by Crippen LogP contribution is -2.45. The molecule has 6 heteroatoms. The van der Waals surface area contributed by atoms with Gasteiger partial charge in [0.15, 0.2) is 0 Å². The number of anilines is 1. The molecule has 0 bridgehead atoms. The number of hydrogen-bond donors (Lipinski definition) is 1. The molecule has 17 heavy (non-hydrogen) atoms. The van der Waals surface area contributed by atoms with E-state index in [0.29, 0.717) is 0 Å². The first-order chi connectivity index (χ1) is 8.28. The minimum absolute atomic E-state index is 0.913. The van der Waals surface area contributed by atoms with Crippen LogP contribution in [0.15, 0.2) is 0 Å². The molecule has 2 rings (SSSR count). The molecule has 1 N–H and O–H groups in total. The Kier molecular flexibility index (Phi) is 4.70. The fourth-order valence-corrected chi connectivity index (χ4v) is 2.54. The van der Waals surface area contributed by atoms with Gasteiger partial charge < -0.3 is 10.2 Å². The quantitative estimate of drug-likeness (QED) is 0.841. The molecule has 1 aromatic heterocycles. The zero-order chi connectivity index (χ0) is 12.1. The first-order valence-corrected chi connectivity index (χ1v) is 7.02. The standard InChI is InChI=1S/C11H21N5S/c1-3-10-13-11(17-14-10)12-4-5-16-8-6-15(2)7-9-16/h3-9H2,1-2H3,(H,12,13,14). The zero-order valence-corrected chi connectivity index (χ0v) is 11.5. The van der Waals surface area contributed by atoms with E-state index < -0.39 is 0 Å². The molecule has 1 saturated heterocycles. The molecule has 1 aromatic rings. The summed E-state index contributed by atoms with van der Waals surface area (Å²) in [6, 6.07) is 0. The summed E-state index contributed by atoms with van der Waals surface area (Å²) >= 11 is 1.46. The maximum absolute atomic E-state index is 4.39. The molecule has 5 nitrogen and oxygen atoms in total. The average molecular weight is 255 g/mol. The van der Waals surface area contributed by atoms with Crippen LogP contribution in [0, 0.1) is 0 Å². The summed E-state index contributed by atoms with van der Waals surface area (Å²) in [5.41, 5.74) is 0. The van der Waals surface area contributed by atoms with Gasteiger partial charge in [-0.05, 0) is 7.05 Å². The Bertz CT molecular complexity index is 332. The lowest BCUT2D eigenvalue weighted by Gasteiger charge is -2.32. The Hall–Kier alpha value is -0.720. The van der Waals surface area contributed by atoms with E-state index in [1.54, 1.807) is 0 Å². The van der Waals surface area contributed by atoms with E-state index in [4.69, 9.17) is 0 Å². The third-order valence-corrected chi connectivity index (χ3v) is 3.80. The van der Waals surface area contributed by atoms with Crippen LogP contribution in [0.25, 0.3) is 0 Å². The highest BCUT2D eigenvalue weighted by molar-refractivity contribution is 7.09. The monoisotopic (exact) mass is 255 g/mol. The molecule has 1 aliphatic rings. The highest BCUT2D eigenvalue weighted by Gasteiger charge is 2.12. The van der Waals surface area contributed by atoms with Crippen molar-refractivity contribution in [2.24, 2.45) is 0 Å². The summed E-state index contributed by atoms with van der Waals surface area (Å²) in [5, 5.41) is 4.30. The second kappa shape index (κ2) is 6.28. The molecule has 0 saturated carbocycles. The third-order valence-electron chi connectivity index (χ3n) is 3.08. The van der Waals surface area contributed by atoms with Crippen molar-refractivity contribution in [1.29, 1.82) is 0 Å². The normalized spacial score (nSPS) is 18.5. The van der Waals surface area contributed by atoms with E-state index in [-0.39, 0.29) is 0 Å². The van der Waals surface area contributed by atoms with Gasteiger partial charge in [-0.2, -0.15) is 4.37 Å². The van der Waals surface area contributed by atoms with Gasteiger partial charge in [-0.1, -0.05) is 6.92 Å². The molecule has 1 aliphatic heterocycles. The molecule has 0 spiro atoms. The lowest BCUT2D eigenvalue weighted by atomic mass is 10.3. The van der Waals surface area contributed by atoms with Crippen LogP contribution >= 0.6 is 11.5 Å². The molecule has 0 amide bonds. The molecule has 0 radical (unpaired) electrons. The van der Waals surface area contributed by atoms with Crippen molar-refractivity contribution in [1.82, 2.24) is 19.2 Å². The molecule has 0 aliphatic carbocycles. The van der Waals surface area contributed by atoms with Gasteiger partial charge in [0.1, 0.15) is 5.82 Å². The van der Waals surface area contributed by atoms with E-state index in [9.17, 15) is 0 Å². The summed E-state index contributed by atoms with van der Waals surface area (Å²) in [6.45, 7) is 8.84. The highest BCUT2D eigenvalue weighted by Crippen LogP contribution is 2.10. The lowest BCUT2D eigenvalue weighted by molar-refractivity contribution is 0.158. The second-order valence-electron chi connectivity index (χ2n) is 4.44. The number of rotatable bonds is 5. The van der Waals surface area contributed by atoms with Crippen LogP contribution in [0.4, 0.5) is 5.13 Å². The first-order valence-electron chi connectivity index (χ1n) is 6.25. The third kappa shape index (κ3) is 3.90. The number of aryl methyl sites for hydroxylation is 1. The molecular weight excluding hydrogens is 234 g/mol. The van der Waals surface area contributed by atoms with Gasteiger partial charge in [0, 0.05) is 57.2 Å². The van der Waals surface area contributed by atoms with Crippen LogP contribution < -0.4 is 5.32 Å². The molecule has 0 aromatic carbocycles. The van der Waals surface area contributed by atoms with Crippen LogP contribution in [0.2, 0.25) is 0 Å². The summed E-state index contributed by atoms with van der Waals surface area (Å²) in [5.74, 6) is 0.942. The molecular formula is C11H21N5S. The van der Waals surface area contributed by atoms with E-state index in [0.717, 1.165) is 30.5 Å². The van der Waals surface area contributed by atoms with Crippen LogP contribution in [-0.4, -0.2) is 65.5 Å². The van der Waals surface area contributed by atoms with Crippen LogP contribution in [0.3, 0.4) is 0 Å². The largest absolute Gasteiger partial charge is 0.359 e. The minimum atomic E-state index is 0.913. The Morgan fingerprint density at radius 3 is 2.71 bits per heavy atom. The Morgan fingerprint density at radius 1 is 1.29 bits per heavy atom. The van der Waals surface area contributed by atoms with E-state index in [1.165, 1.54) is 37.7 Å². The van der Waals surface area contributed by atoms with Gasteiger partial charge in [-0.15, -0.1) is 0 Å². The van der Waals surface area contributed by atoms with Crippen molar-refractivity contribution in [2.75, 3.05) is 51.6 Å². The zero-order valence-electron chi connectivity index (χ0n) is 10.6. The molecule has 2 heterocycles. The average Bonchev–Trinajstić information content (AvgIpc) is 2.80. The second-order valence-corrected chi connectivity index (χ2v) is 5.19. The van der Waals surface area contributed by atoms with Gasteiger partial charge in [0.05, 0.1) is 0 Å². The van der Waals surface area contributed by atoms with Crippen LogP contribution in [0.1, 0.15) is 12.7 Å². The van der Waals surface area contributed by atoms with E-state index >= 15 is 0 Å². The minimum Gasteiger partial charge on any atom is -0.359 e. The number of nitrogens with zero attached hydrogens (tertiary/aromatic N) is 4. The predicted molar refractivity (Wildman–Crippen MR) is 71.7 cm³/mol. The molecule has 0 atom stereocenters. The number of piperazine rings is 1. The maximum Gasteiger partial charge on any atom is 0.202 e.